The third kappa shape index (κ3) is 2.80. The molecule has 0 spiro atoms. The smallest absolute Gasteiger partial charge is 0.269 e. The minimum Gasteiger partial charge on any atom is -0.437 e. The zero-order valence-electron chi connectivity index (χ0n) is 9.61. The molecule has 8 heteroatoms. The van der Waals surface area contributed by atoms with Crippen LogP contribution in [-0.4, -0.2) is 20.7 Å². The number of hydrogen-bond acceptors (Lipinski definition) is 6. The molecule has 0 saturated carbocycles. The van der Waals surface area contributed by atoms with Gasteiger partial charge in [0.2, 0.25) is 5.88 Å². The molecule has 0 saturated heterocycles. The normalized spacial score (nSPS) is 9.89. The van der Waals surface area contributed by atoms with E-state index in [1.54, 1.807) is 0 Å². The molecule has 96 valence electrons. The van der Waals surface area contributed by atoms with Gasteiger partial charge in [-0.15, -0.1) is 0 Å². The van der Waals surface area contributed by atoms with E-state index in [0.29, 0.717) is 5.75 Å². The first-order chi connectivity index (χ1) is 9.08. The molecule has 1 aromatic heterocycles. The molecule has 2 rings (SSSR count). The lowest BCUT2D eigenvalue weighted by Crippen LogP contribution is -2.15. The van der Waals surface area contributed by atoms with E-state index in [-0.39, 0.29) is 23.1 Å². The molecule has 0 fully saturated rings. The topological polar surface area (TPSA) is 128 Å². The van der Waals surface area contributed by atoms with Gasteiger partial charge >= 0.3 is 0 Å². The standard InChI is InChI=1S/C11H9N5O3/c12-10(13)9-11(15-6-5-14-9)19-8-3-1-7(2-4-8)16(17)18/h1-6H,(H3,12,13). The van der Waals surface area contributed by atoms with Gasteiger partial charge in [-0.2, -0.15) is 0 Å². The highest BCUT2D eigenvalue weighted by atomic mass is 16.6. The van der Waals surface area contributed by atoms with Crippen molar-refractivity contribution in [3.05, 3.63) is 52.5 Å². The van der Waals surface area contributed by atoms with Gasteiger partial charge in [-0.25, -0.2) is 9.97 Å². The van der Waals surface area contributed by atoms with E-state index in [1.165, 1.54) is 36.7 Å². The Morgan fingerprint density at radius 1 is 1.26 bits per heavy atom. The van der Waals surface area contributed by atoms with Crippen molar-refractivity contribution >= 4 is 11.5 Å². The maximum absolute atomic E-state index is 10.5. The SMILES string of the molecule is N=C(N)c1nccnc1Oc1ccc([N+](=O)[O-])cc1. The first kappa shape index (κ1) is 12.4. The summed E-state index contributed by atoms with van der Waals surface area (Å²) in [5.41, 5.74) is 5.41. The van der Waals surface area contributed by atoms with Crippen LogP contribution in [0.25, 0.3) is 0 Å². The third-order valence-corrected chi connectivity index (χ3v) is 2.18. The number of amidine groups is 1. The van der Waals surface area contributed by atoms with Gasteiger partial charge in [-0.05, 0) is 12.1 Å². The zero-order valence-corrected chi connectivity index (χ0v) is 9.61. The summed E-state index contributed by atoms with van der Waals surface area (Å²) >= 11 is 0. The number of rotatable bonds is 4. The highest BCUT2D eigenvalue weighted by molar-refractivity contribution is 5.95. The van der Waals surface area contributed by atoms with E-state index in [2.05, 4.69) is 9.97 Å². The Morgan fingerprint density at radius 3 is 2.47 bits per heavy atom. The highest BCUT2D eigenvalue weighted by Gasteiger charge is 2.11. The van der Waals surface area contributed by atoms with Gasteiger partial charge in [-0.3, -0.25) is 15.5 Å². The van der Waals surface area contributed by atoms with Crippen LogP contribution in [0.4, 0.5) is 5.69 Å². The van der Waals surface area contributed by atoms with Crippen LogP contribution in [0.2, 0.25) is 0 Å². The van der Waals surface area contributed by atoms with E-state index in [9.17, 15) is 10.1 Å². The van der Waals surface area contributed by atoms with Crippen LogP contribution in [-0.2, 0) is 0 Å². The molecule has 0 aliphatic heterocycles. The van der Waals surface area contributed by atoms with Gasteiger partial charge < -0.3 is 10.5 Å². The molecule has 0 aliphatic rings. The summed E-state index contributed by atoms with van der Waals surface area (Å²) in [6.07, 6.45) is 2.78. The quantitative estimate of drug-likeness (QED) is 0.370. The van der Waals surface area contributed by atoms with Crippen LogP contribution >= 0.6 is 0 Å². The molecule has 0 radical (unpaired) electrons. The van der Waals surface area contributed by atoms with Gasteiger partial charge in [0.05, 0.1) is 4.92 Å². The molecular weight excluding hydrogens is 250 g/mol. The highest BCUT2D eigenvalue weighted by Crippen LogP contribution is 2.23. The van der Waals surface area contributed by atoms with Crippen LogP contribution in [0, 0.1) is 15.5 Å². The fourth-order valence-corrected chi connectivity index (χ4v) is 1.33. The van der Waals surface area contributed by atoms with E-state index in [1.807, 2.05) is 0 Å². The fraction of sp³-hybridized carbons (Fsp3) is 0. The Balaban J connectivity index is 2.26. The predicted molar refractivity (Wildman–Crippen MR) is 66.2 cm³/mol. The Bertz CT molecular complexity index is 626. The van der Waals surface area contributed by atoms with Crippen LogP contribution in [0.15, 0.2) is 36.7 Å². The Morgan fingerprint density at radius 2 is 1.89 bits per heavy atom. The molecule has 1 heterocycles. The van der Waals surface area contributed by atoms with Crippen LogP contribution < -0.4 is 10.5 Å². The summed E-state index contributed by atoms with van der Waals surface area (Å²) in [5, 5.41) is 17.9. The summed E-state index contributed by atoms with van der Waals surface area (Å²) in [5.74, 6) is 0.141. The predicted octanol–water partition coefficient (Wildman–Crippen LogP) is 1.46. The first-order valence-electron chi connectivity index (χ1n) is 5.15. The minimum atomic E-state index is -0.507. The number of non-ortho nitro benzene ring substituents is 1. The summed E-state index contributed by atoms with van der Waals surface area (Å²) in [4.78, 5) is 17.8. The van der Waals surface area contributed by atoms with Gasteiger partial charge in [0.1, 0.15) is 11.6 Å². The number of nitro benzene ring substituents is 1. The lowest BCUT2D eigenvalue weighted by Gasteiger charge is -2.07. The number of hydrogen-bond donors (Lipinski definition) is 2. The maximum Gasteiger partial charge on any atom is 0.269 e. The summed E-state index contributed by atoms with van der Waals surface area (Å²) < 4.78 is 5.39. The second-order valence-electron chi connectivity index (χ2n) is 3.48. The summed E-state index contributed by atoms with van der Waals surface area (Å²) in [6.45, 7) is 0. The van der Waals surface area contributed by atoms with Gasteiger partial charge in [-0.1, -0.05) is 0 Å². The Kier molecular flexibility index (Phi) is 3.33. The van der Waals surface area contributed by atoms with Crippen molar-refractivity contribution in [2.24, 2.45) is 5.73 Å². The lowest BCUT2D eigenvalue weighted by molar-refractivity contribution is -0.384. The molecule has 0 unspecified atom stereocenters. The molecule has 2 aromatic rings. The van der Waals surface area contributed by atoms with E-state index < -0.39 is 4.92 Å². The van der Waals surface area contributed by atoms with Crippen LogP contribution in [0.5, 0.6) is 11.6 Å². The maximum atomic E-state index is 10.5. The molecule has 0 atom stereocenters. The number of nitrogen functional groups attached to an aromatic ring is 1. The van der Waals surface area contributed by atoms with Gasteiger partial charge in [0.25, 0.3) is 5.69 Å². The fourth-order valence-electron chi connectivity index (χ4n) is 1.33. The number of nitro groups is 1. The van der Waals surface area contributed by atoms with Gasteiger partial charge in [0, 0.05) is 24.5 Å². The number of nitrogens with zero attached hydrogens (tertiary/aromatic N) is 3. The number of benzene rings is 1. The monoisotopic (exact) mass is 259 g/mol. The average Bonchev–Trinajstić information content (AvgIpc) is 2.39. The molecule has 0 bridgehead atoms. The number of nitrogens with two attached hydrogens (primary N) is 1. The van der Waals surface area contributed by atoms with E-state index in [4.69, 9.17) is 15.9 Å². The minimum absolute atomic E-state index is 0.0433. The van der Waals surface area contributed by atoms with Crippen molar-refractivity contribution in [2.45, 2.75) is 0 Å². The molecule has 8 nitrogen and oxygen atoms in total. The van der Waals surface area contributed by atoms with E-state index in [0.717, 1.165) is 0 Å². The Hall–Kier alpha value is -3.03. The summed E-state index contributed by atoms with van der Waals surface area (Å²) in [7, 11) is 0. The molecule has 0 amide bonds. The number of ether oxygens (including phenoxy) is 1. The number of nitrogens with one attached hydrogen (secondary N) is 1. The third-order valence-electron chi connectivity index (χ3n) is 2.18. The van der Waals surface area contributed by atoms with Crippen molar-refractivity contribution in [3.8, 4) is 11.6 Å². The van der Waals surface area contributed by atoms with Crippen LogP contribution in [0.1, 0.15) is 5.69 Å². The van der Waals surface area contributed by atoms with Gasteiger partial charge in [0.15, 0.2) is 5.69 Å². The van der Waals surface area contributed by atoms with E-state index >= 15 is 0 Å². The molecular formula is C11H9N5O3. The lowest BCUT2D eigenvalue weighted by atomic mass is 10.3. The average molecular weight is 259 g/mol. The Labute approximate surface area is 107 Å². The zero-order chi connectivity index (χ0) is 13.8. The largest absolute Gasteiger partial charge is 0.437 e. The first-order valence-corrected chi connectivity index (χ1v) is 5.15. The van der Waals surface area contributed by atoms with Crippen molar-refractivity contribution in [3.63, 3.8) is 0 Å². The second-order valence-corrected chi connectivity index (χ2v) is 3.48. The molecule has 0 aliphatic carbocycles. The van der Waals surface area contributed by atoms with Crippen molar-refractivity contribution in [1.82, 2.24) is 9.97 Å². The second kappa shape index (κ2) is 5.08. The molecule has 19 heavy (non-hydrogen) atoms. The summed E-state index contributed by atoms with van der Waals surface area (Å²) in [6, 6.07) is 5.46. The van der Waals surface area contributed by atoms with Crippen molar-refractivity contribution in [1.29, 1.82) is 5.41 Å². The van der Waals surface area contributed by atoms with Crippen molar-refractivity contribution < 1.29 is 9.66 Å². The molecule has 1 aromatic carbocycles. The van der Waals surface area contributed by atoms with Crippen LogP contribution in [0.3, 0.4) is 0 Å². The van der Waals surface area contributed by atoms with Crippen molar-refractivity contribution in [2.75, 3.05) is 0 Å². The molecule has 3 N–H and O–H groups in total. The number of aromatic nitrogens is 2.